The van der Waals surface area contributed by atoms with E-state index in [1.54, 1.807) is 0 Å². The molecule has 0 amide bonds. The van der Waals surface area contributed by atoms with E-state index < -0.39 is 0 Å². The van der Waals surface area contributed by atoms with Crippen molar-refractivity contribution in [3.05, 3.63) is 6.57 Å². The van der Waals surface area contributed by atoms with Gasteiger partial charge in [-0.25, -0.2) is 0 Å². The molecule has 0 aliphatic carbocycles. The minimum Gasteiger partial charge on any atom is -1.00 e. The van der Waals surface area contributed by atoms with E-state index in [1.807, 2.05) is 0 Å². The molecule has 0 saturated carbocycles. The molecular formula is CHNNaRu. The van der Waals surface area contributed by atoms with Crippen molar-refractivity contribution in [2.75, 3.05) is 0 Å². The van der Waals surface area contributed by atoms with Crippen molar-refractivity contribution in [2.45, 2.75) is 0 Å². The summed E-state index contributed by atoms with van der Waals surface area (Å²) < 4.78 is 0. The fourth-order valence-corrected chi connectivity index (χ4v) is 0. The molecule has 0 saturated heterocycles. The standard InChI is InChI=1S/CN.Na.Ru.H/c1-2;;;/q-1;2*+1;-1. The normalized spacial score (nSPS) is 0.500. The second-order valence-corrected chi connectivity index (χ2v) is 0. The monoisotopic (exact) mass is 152 g/mol. The smallest absolute Gasteiger partial charge is 1.00 e. The number of hydrogen-bond donors (Lipinski definition) is 0. The Balaban J connectivity index is -0.00000000167. The van der Waals surface area contributed by atoms with Gasteiger partial charge in [0, 0.05) is 0 Å². The van der Waals surface area contributed by atoms with E-state index >= 15 is 0 Å². The maximum absolute atomic E-state index is 6.25. The van der Waals surface area contributed by atoms with Crippen LogP contribution >= 0.6 is 0 Å². The largest absolute Gasteiger partial charge is 1.00 e. The predicted molar refractivity (Wildman–Crippen MR) is 6.08 cm³/mol. The average molecular weight is 151 g/mol. The minimum atomic E-state index is 0. The summed E-state index contributed by atoms with van der Waals surface area (Å²) in [7, 11) is 0. The van der Waals surface area contributed by atoms with Crippen LogP contribution in [0.25, 0.3) is 0 Å². The summed E-state index contributed by atoms with van der Waals surface area (Å²) in [5.74, 6) is 0. The minimum absolute atomic E-state index is 0. The Morgan fingerprint density at radius 1 is 1.50 bits per heavy atom. The Morgan fingerprint density at radius 3 is 1.50 bits per heavy atom. The van der Waals surface area contributed by atoms with Gasteiger partial charge in [-0.2, -0.15) is 0 Å². The van der Waals surface area contributed by atoms with E-state index in [0.717, 1.165) is 0 Å². The Labute approximate surface area is 61.9 Å². The maximum Gasteiger partial charge on any atom is 1.00 e. The third-order valence-electron chi connectivity index (χ3n) is 0. The average Bonchev–Trinajstić information content (AvgIpc) is 1.00. The Bertz CT molecular complexity index is 16.4. The van der Waals surface area contributed by atoms with Gasteiger partial charge in [-0.3, -0.25) is 0 Å². The first kappa shape index (κ1) is 19.4. The van der Waals surface area contributed by atoms with Crippen LogP contribution in [-0.4, -0.2) is 0 Å². The molecule has 0 heterocycles. The molecule has 0 rings (SSSR count). The van der Waals surface area contributed by atoms with Crippen LogP contribution in [0.1, 0.15) is 1.43 Å². The molecule has 0 bridgehead atoms. The Hall–Kier alpha value is 1.11. The van der Waals surface area contributed by atoms with Crippen LogP contribution in [0, 0.1) is 11.8 Å². The second-order valence-electron chi connectivity index (χ2n) is 0. The molecule has 3 heteroatoms. The van der Waals surface area contributed by atoms with Gasteiger partial charge >= 0.3 is 49.0 Å². The molecule has 0 atom stereocenters. The molecule has 0 aromatic heterocycles. The molecule has 0 N–H and O–H groups in total. The van der Waals surface area contributed by atoms with E-state index in [1.165, 1.54) is 0 Å². The van der Waals surface area contributed by atoms with Gasteiger partial charge in [-0.1, -0.05) is 0 Å². The van der Waals surface area contributed by atoms with E-state index in [0.29, 0.717) is 0 Å². The molecular weight excluding hydrogens is 150 g/mol. The third-order valence-corrected chi connectivity index (χ3v) is 0. The molecule has 0 fully saturated rings. The van der Waals surface area contributed by atoms with Crippen LogP contribution in [0.2, 0.25) is 0 Å². The van der Waals surface area contributed by atoms with E-state index in [9.17, 15) is 0 Å². The number of hydrogen-bond acceptors (Lipinski definition) is 1. The van der Waals surface area contributed by atoms with Crippen molar-refractivity contribution in [1.82, 2.24) is 0 Å². The molecule has 0 aliphatic rings. The van der Waals surface area contributed by atoms with Gasteiger partial charge in [-0.15, -0.1) is 0 Å². The summed E-state index contributed by atoms with van der Waals surface area (Å²) in [6.45, 7) is 4.75. The fraction of sp³-hybridized carbons (Fsp3) is 0. The summed E-state index contributed by atoms with van der Waals surface area (Å²) >= 11 is 0. The van der Waals surface area contributed by atoms with Gasteiger partial charge in [0.25, 0.3) is 0 Å². The maximum atomic E-state index is 6.25. The first-order valence-corrected chi connectivity index (χ1v) is 0.224. The molecule has 0 aliphatic heterocycles. The van der Waals surface area contributed by atoms with E-state index in [2.05, 4.69) is 0 Å². The van der Waals surface area contributed by atoms with Crippen LogP contribution < -0.4 is 29.6 Å². The summed E-state index contributed by atoms with van der Waals surface area (Å²) in [5.41, 5.74) is 0. The SMILES string of the molecule is [C-]#N.[H-].[Na+].[Ru+]. The molecule has 0 spiro atoms. The third kappa shape index (κ3) is 11.2. The van der Waals surface area contributed by atoms with E-state index in [-0.39, 0.29) is 50.5 Å². The molecule has 1 radical (unpaired) electrons. The predicted octanol–water partition coefficient (Wildman–Crippen LogP) is -2.79. The van der Waals surface area contributed by atoms with Crippen molar-refractivity contribution in [2.24, 2.45) is 0 Å². The molecule has 1 nitrogen and oxygen atoms in total. The summed E-state index contributed by atoms with van der Waals surface area (Å²) in [5, 5.41) is 6.25. The topological polar surface area (TPSA) is 23.8 Å². The zero-order valence-corrected chi connectivity index (χ0v) is 6.04. The van der Waals surface area contributed by atoms with Gasteiger partial charge in [0.15, 0.2) is 0 Å². The molecule has 0 aromatic rings. The van der Waals surface area contributed by atoms with Crippen LogP contribution in [0.3, 0.4) is 0 Å². The Kier molecular flexibility index (Phi) is 156. The molecule has 0 aromatic carbocycles. The zero-order valence-electron chi connectivity index (χ0n) is 3.30. The van der Waals surface area contributed by atoms with Crippen molar-refractivity contribution >= 4 is 0 Å². The zero-order chi connectivity index (χ0) is 2.00. The van der Waals surface area contributed by atoms with Gasteiger partial charge in [0.05, 0.1) is 0 Å². The number of rotatable bonds is 0. The molecule has 0 unspecified atom stereocenters. The van der Waals surface area contributed by atoms with Gasteiger partial charge in [0.1, 0.15) is 0 Å². The molecule has 19 valence electrons. The first-order chi connectivity index (χ1) is 1.00. The van der Waals surface area contributed by atoms with Crippen molar-refractivity contribution in [1.29, 1.82) is 5.26 Å². The van der Waals surface area contributed by atoms with Crippen molar-refractivity contribution in [3.8, 4) is 0 Å². The molecule has 4 heavy (non-hydrogen) atoms. The van der Waals surface area contributed by atoms with Gasteiger partial charge in [-0.05, 0) is 0 Å². The van der Waals surface area contributed by atoms with Crippen LogP contribution in [-0.2, 0) is 19.5 Å². The van der Waals surface area contributed by atoms with E-state index in [4.69, 9.17) is 11.8 Å². The van der Waals surface area contributed by atoms with Crippen LogP contribution in [0.4, 0.5) is 0 Å². The first-order valence-electron chi connectivity index (χ1n) is 0.224. The second kappa shape index (κ2) is 32.2. The van der Waals surface area contributed by atoms with Crippen LogP contribution in [0.5, 0.6) is 0 Å². The summed E-state index contributed by atoms with van der Waals surface area (Å²) in [6.07, 6.45) is 0. The van der Waals surface area contributed by atoms with Gasteiger partial charge < -0.3 is 13.3 Å². The van der Waals surface area contributed by atoms with Crippen molar-refractivity contribution < 1.29 is 50.5 Å². The van der Waals surface area contributed by atoms with Crippen molar-refractivity contribution in [3.63, 3.8) is 0 Å². The summed E-state index contributed by atoms with van der Waals surface area (Å²) in [4.78, 5) is 0. The van der Waals surface area contributed by atoms with Crippen LogP contribution in [0.15, 0.2) is 0 Å². The quantitative estimate of drug-likeness (QED) is 0.271. The fourth-order valence-electron chi connectivity index (χ4n) is 0. The number of nitrogens with zero attached hydrogens (tertiary/aromatic N) is 1. The Morgan fingerprint density at radius 2 is 1.50 bits per heavy atom. The summed E-state index contributed by atoms with van der Waals surface area (Å²) in [6, 6.07) is 0. The van der Waals surface area contributed by atoms with Gasteiger partial charge in [0.2, 0.25) is 0 Å².